The van der Waals surface area contributed by atoms with Gasteiger partial charge in [0.05, 0.1) is 33.3 Å². The average molecular weight is 525 g/mol. The largest absolute Gasteiger partial charge is 0.462 e. The van der Waals surface area contributed by atoms with E-state index in [1.165, 1.54) is 6.92 Å². The fourth-order valence-corrected chi connectivity index (χ4v) is 4.37. The van der Waals surface area contributed by atoms with Crippen LogP contribution in [-0.4, -0.2) is 24.4 Å². The standard InChI is InChI=1S/C24H20ClF3N2O4S/c1-4-34-23(33)18-13(3)19(35-22(18)30-20(31)14-7-5-12(2)6-8-14)21(32)29-17-11-15(24(26,27)28)9-10-16(17)25/h5-11H,4H2,1-3H3,(H,29,32)(H,30,31). The number of aryl methyl sites for hydroxylation is 1. The molecule has 6 nitrogen and oxygen atoms in total. The molecular formula is C24H20ClF3N2O4S. The summed E-state index contributed by atoms with van der Waals surface area (Å²) < 4.78 is 44.3. The summed E-state index contributed by atoms with van der Waals surface area (Å²) in [7, 11) is 0. The number of esters is 1. The lowest BCUT2D eigenvalue weighted by Crippen LogP contribution is -2.15. The van der Waals surface area contributed by atoms with Gasteiger partial charge in [-0.3, -0.25) is 9.59 Å². The third-order valence-electron chi connectivity index (χ3n) is 4.92. The smallest absolute Gasteiger partial charge is 0.416 e. The molecule has 2 aromatic carbocycles. The van der Waals surface area contributed by atoms with Crippen molar-refractivity contribution in [2.24, 2.45) is 0 Å². The van der Waals surface area contributed by atoms with Crippen LogP contribution in [0.1, 0.15) is 54.0 Å². The van der Waals surface area contributed by atoms with Crippen molar-refractivity contribution in [3.05, 3.63) is 80.2 Å². The van der Waals surface area contributed by atoms with Crippen molar-refractivity contribution in [2.75, 3.05) is 17.2 Å². The monoisotopic (exact) mass is 524 g/mol. The van der Waals surface area contributed by atoms with Crippen LogP contribution in [0, 0.1) is 13.8 Å². The minimum absolute atomic E-state index is 0.000683. The molecule has 0 fully saturated rings. The van der Waals surface area contributed by atoms with E-state index >= 15 is 0 Å². The second kappa shape index (κ2) is 10.5. The van der Waals surface area contributed by atoms with Crippen LogP contribution in [0.15, 0.2) is 42.5 Å². The number of anilines is 2. The van der Waals surface area contributed by atoms with Gasteiger partial charge in [0.1, 0.15) is 5.00 Å². The van der Waals surface area contributed by atoms with E-state index < -0.39 is 29.5 Å². The molecule has 0 spiro atoms. The molecule has 184 valence electrons. The quantitative estimate of drug-likeness (QED) is 0.351. The number of hydrogen-bond donors (Lipinski definition) is 2. The van der Waals surface area contributed by atoms with E-state index in [1.54, 1.807) is 31.2 Å². The van der Waals surface area contributed by atoms with E-state index in [1.807, 2.05) is 6.92 Å². The summed E-state index contributed by atoms with van der Waals surface area (Å²) in [5.74, 6) is -2.06. The van der Waals surface area contributed by atoms with E-state index in [4.69, 9.17) is 16.3 Å². The maximum absolute atomic E-state index is 13.1. The maximum Gasteiger partial charge on any atom is 0.416 e. The van der Waals surface area contributed by atoms with Gasteiger partial charge in [0.15, 0.2) is 0 Å². The van der Waals surface area contributed by atoms with E-state index in [2.05, 4.69) is 10.6 Å². The summed E-state index contributed by atoms with van der Waals surface area (Å²) >= 11 is 6.78. The maximum atomic E-state index is 13.1. The lowest BCUT2D eigenvalue weighted by molar-refractivity contribution is -0.137. The first-order valence-electron chi connectivity index (χ1n) is 10.3. The highest BCUT2D eigenvalue weighted by atomic mass is 35.5. The van der Waals surface area contributed by atoms with Crippen LogP contribution in [0.5, 0.6) is 0 Å². The predicted molar refractivity (Wildman–Crippen MR) is 129 cm³/mol. The van der Waals surface area contributed by atoms with Crippen LogP contribution in [-0.2, 0) is 10.9 Å². The van der Waals surface area contributed by atoms with Gasteiger partial charge in [0, 0.05) is 5.56 Å². The fourth-order valence-electron chi connectivity index (χ4n) is 3.12. The minimum atomic E-state index is -4.63. The zero-order chi connectivity index (χ0) is 25.9. The van der Waals surface area contributed by atoms with Crippen molar-refractivity contribution in [2.45, 2.75) is 26.9 Å². The molecule has 0 saturated heterocycles. The van der Waals surface area contributed by atoms with Crippen molar-refractivity contribution in [3.63, 3.8) is 0 Å². The number of alkyl halides is 3. The Morgan fingerprint density at radius 2 is 1.66 bits per heavy atom. The second-order valence-corrected chi connectivity index (χ2v) is 8.88. The fraction of sp³-hybridized carbons (Fsp3) is 0.208. The molecule has 0 aliphatic rings. The molecule has 1 heterocycles. The molecular weight excluding hydrogens is 505 g/mol. The Balaban J connectivity index is 1.97. The number of halogens is 4. The number of ether oxygens (including phenoxy) is 1. The van der Waals surface area contributed by atoms with Crippen LogP contribution in [0.3, 0.4) is 0 Å². The molecule has 1 aromatic heterocycles. The first kappa shape index (κ1) is 26.2. The van der Waals surface area contributed by atoms with Gasteiger partial charge in [-0.25, -0.2) is 4.79 Å². The summed E-state index contributed by atoms with van der Waals surface area (Å²) in [5.41, 5.74) is 0.234. The van der Waals surface area contributed by atoms with E-state index in [9.17, 15) is 27.6 Å². The molecule has 0 atom stereocenters. The first-order chi connectivity index (χ1) is 16.4. The van der Waals surface area contributed by atoms with E-state index in [0.717, 1.165) is 35.1 Å². The zero-order valence-electron chi connectivity index (χ0n) is 18.8. The lowest BCUT2D eigenvalue weighted by atomic mass is 10.1. The molecule has 2 amide bonds. The zero-order valence-corrected chi connectivity index (χ0v) is 20.4. The minimum Gasteiger partial charge on any atom is -0.462 e. The Bertz CT molecular complexity index is 1290. The highest BCUT2D eigenvalue weighted by Gasteiger charge is 2.32. The summed E-state index contributed by atoms with van der Waals surface area (Å²) in [6.45, 7) is 5.01. The van der Waals surface area contributed by atoms with Crippen LogP contribution >= 0.6 is 22.9 Å². The number of amides is 2. The average Bonchev–Trinajstić information content (AvgIpc) is 3.10. The summed E-state index contributed by atoms with van der Waals surface area (Å²) in [5, 5.41) is 4.96. The number of rotatable bonds is 6. The highest BCUT2D eigenvalue weighted by Crippen LogP contribution is 2.37. The first-order valence-corrected chi connectivity index (χ1v) is 11.5. The van der Waals surface area contributed by atoms with Crippen LogP contribution in [0.25, 0.3) is 0 Å². The van der Waals surface area contributed by atoms with Crippen LogP contribution < -0.4 is 10.6 Å². The number of nitrogens with one attached hydrogen (secondary N) is 2. The molecule has 0 aliphatic heterocycles. The Kier molecular flexibility index (Phi) is 7.86. The number of carbonyl (C=O) groups excluding carboxylic acids is 3. The predicted octanol–water partition coefficient (Wildman–Crippen LogP) is 6.72. The SMILES string of the molecule is CCOC(=O)c1c(NC(=O)c2ccc(C)cc2)sc(C(=O)Nc2cc(C(F)(F)F)ccc2Cl)c1C. The third kappa shape index (κ3) is 6.01. The third-order valence-corrected chi connectivity index (χ3v) is 6.45. The Morgan fingerprint density at radius 1 is 1.00 bits per heavy atom. The molecule has 0 aliphatic carbocycles. The van der Waals surface area contributed by atoms with Crippen molar-refractivity contribution < 1.29 is 32.3 Å². The van der Waals surface area contributed by atoms with E-state index in [-0.39, 0.29) is 38.3 Å². The molecule has 2 N–H and O–H groups in total. The Labute approximate surface area is 208 Å². The van der Waals surface area contributed by atoms with Gasteiger partial charge in [-0.05, 0) is 56.7 Å². The Morgan fingerprint density at radius 3 is 2.26 bits per heavy atom. The highest BCUT2D eigenvalue weighted by molar-refractivity contribution is 7.19. The van der Waals surface area contributed by atoms with Crippen molar-refractivity contribution in [1.82, 2.24) is 0 Å². The molecule has 0 radical (unpaired) electrons. The normalized spacial score (nSPS) is 11.2. The summed E-state index contributed by atoms with van der Waals surface area (Å²) in [6.07, 6.45) is -4.63. The molecule has 3 aromatic rings. The molecule has 35 heavy (non-hydrogen) atoms. The molecule has 0 saturated carbocycles. The van der Waals surface area contributed by atoms with Gasteiger partial charge in [0.25, 0.3) is 11.8 Å². The topological polar surface area (TPSA) is 84.5 Å². The van der Waals surface area contributed by atoms with Gasteiger partial charge in [0.2, 0.25) is 0 Å². The van der Waals surface area contributed by atoms with Gasteiger partial charge in [-0.2, -0.15) is 13.2 Å². The number of carbonyl (C=O) groups is 3. The Hall–Kier alpha value is -3.37. The molecule has 0 bridgehead atoms. The molecule has 11 heteroatoms. The second-order valence-electron chi connectivity index (χ2n) is 7.45. The molecule has 0 unspecified atom stereocenters. The van der Waals surface area contributed by atoms with Gasteiger partial charge < -0.3 is 15.4 Å². The van der Waals surface area contributed by atoms with Crippen molar-refractivity contribution in [1.29, 1.82) is 0 Å². The summed E-state index contributed by atoms with van der Waals surface area (Å²) in [4.78, 5) is 38.3. The molecule has 3 rings (SSSR count). The van der Waals surface area contributed by atoms with E-state index in [0.29, 0.717) is 5.56 Å². The van der Waals surface area contributed by atoms with Crippen molar-refractivity contribution in [3.8, 4) is 0 Å². The van der Waals surface area contributed by atoms with Crippen LogP contribution in [0.4, 0.5) is 23.9 Å². The van der Waals surface area contributed by atoms with Crippen LogP contribution in [0.2, 0.25) is 5.02 Å². The number of thiophene rings is 1. The van der Waals surface area contributed by atoms with Gasteiger partial charge in [-0.15, -0.1) is 11.3 Å². The van der Waals surface area contributed by atoms with Crippen molar-refractivity contribution >= 4 is 51.4 Å². The van der Waals surface area contributed by atoms with Gasteiger partial charge >= 0.3 is 12.1 Å². The lowest BCUT2D eigenvalue weighted by Gasteiger charge is -2.11. The summed E-state index contributed by atoms with van der Waals surface area (Å²) in [6, 6.07) is 9.26. The number of hydrogen-bond acceptors (Lipinski definition) is 5. The number of benzene rings is 2. The van der Waals surface area contributed by atoms with Gasteiger partial charge in [-0.1, -0.05) is 29.3 Å².